The summed E-state index contributed by atoms with van der Waals surface area (Å²) in [6.07, 6.45) is 2.95. The lowest BCUT2D eigenvalue weighted by atomic mass is 10.2. The number of non-ortho nitro benzene ring substituents is 1. The molecule has 1 rings (SSSR count). The van der Waals surface area contributed by atoms with Gasteiger partial charge >= 0.3 is 5.97 Å². The van der Waals surface area contributed by atoms with Crippen LogP contribution in [-0.2, 0) is 14.3 Å². The summed E-state index contributed by atoms with van der Waals surface area (Å²) in [4.78, 5) is 32.5. The molecule has 1 aromatic rings. The van der Waals surface area contributed by atoms with Gasteiger partial charge in [0.05, 0.1) is 18.0 Å². The number of nitro groups is 1. The number of nitro benzene ring substituents is 1. The smallest absolute Gasteiger partial charge is 0.307 e. The van der Waals surface area contributed by atoms with Crippen molar-refractivity contribution < 1.29 is 19.2 Å². The van der Waals surface area contributed by atoms with Crippen LogP contribution in [0, 0.1) is 10.1 Å². The molecule has 7 heteroatoms. The van der Waals surface area contributed by atoms with Crippen molar-refractivity contribution in [2.75, 3.05) is 13.2 Å². The van der Waals surface area contributed by atoms with Gasteiger partial charge in [-0.25, -0.2) is 0 Å². The fraction of sp³-hybridized carbons (Fsp3) is 0.286. The van der Waals surface area contributed by atoms with Gasteiger partial charge in [0.25, 0.3) is 5.69 Å². The van der Waals surface area contributed by atoms with Crippen molar-refractivity contribution in [2.24, 2.45) is 0 Å². The second kappa shape index (κ2) is 8.47. The average Bonchev–Trinajstić information content (AvgIpc) is 2.46. The van der Waals surface area contributed by atoms with Crippen LogP contribution in [-0.4, -0.2) is 30.0 Å². The minimum Gasteiger partial charge on any atom is -0.466 e. The predicted molar refractivity (Wildman–Crippen MR) is 76.4 cm³/mol. The summed E-state index contributed by atoms with van der Waals surface area (Å²) in [7, 11) is 0. The maximum atomic E-state index is 11.5. The Morgan fingerprint density at radius 1 is 1.33 bits per heavy atom. The molecule has 1 amide bonds. The highest BCUT2D eigenvalue weighted by atomic mass is 16.6. The van der Waals surface area contributed by atoms with Gasteiger partial charge in [-0.15, -0.1) is 0 Å². The predicted octanol–water partition coefficient (Wildman–Crippen LogP) is 1.68. The van der Waals surface area contributed by atoms with E-state index in [4.69, 9.17) is 4.74 Å². The molecule has 1 aromatic carbocycles. The van der Waals surface area contributed by atoms with E-state index in [1.165, 1.54) is 24.3 Å². The number of rotatable bonds is 7. The van der Waals surface area contributed by atoms with E-state index in [1.54, 1.807) is 19.1 Å². The highest BCUT2D eigenvalue weighted by molar-refractivity contribution is 5.91. The lowest BCUT2D eigenvalue weighted by Crippen LogP contribution is -2.24. The first kappa shape index (κ1) is 16.4. The van der Waals surface area contributed by atoms with Gasteiger partial charge in [0, 0.05) is 24.8 Å². The standard InChI is InChI=1S/C14H16N2O5/c1-2-21-14(18)9-10-15-13(17)8-5-11-3-6-12(7-4-11)16(19)20/h3-8H,2,9-10H2,1H3,(H,15,17). The summed E-state index contributed by atoms with van der Waals surface area (Å²) in [5.41, 5.74) is 0.659. The van der Waals surface area contributed by atoms with E-state index in [0.29, 0.717) is 12.2 Å². The Bertz CT molecular complexity index is 537. The molecule has 0 radical (unpaired) electrons. The first-order valence-electron chi connectivity index (χ1n) is 6.39. The first-order valence-corrected chi connectivity index (χ1v) is 6.39. The van der Waals surface area contributed by atoms with Crippen LogP contribution in [0.3, 0.4) is 0 Å². The molecule has 0 aliphatic carbocycles. The molecule has 0 fully saturated rings. The molecular weight excluding hydrogens is 276 g/mol. The summed E-state index contributed by atoms with van der Waals surface area (Å²) in [5.74, 6) is -0.713. The molecule has 1 N–H and O–H groups in total. The summed E-state index contributed by atoms with van der Waals surface area (Å²) in [6, 6.07) is 5.80. The molecular formula is C14H16N2O5. The first-order chi connectivity index (χ1) is 10.0. The van der Waals surface area contributed by atoms with Crippen LogP contribution in [0.25, 0.3) is 6.08 Å². The van der Waals surface area contributed by atoms with E-state index in [2.05, 4.69) is 5.32 Å². The van der Waals surface area contributed by atoms with Gasteiger partial charge < -0.3 is 10.1 Å². The Morgan fingerprint density at radius 3 is 2.57 bits per heavy atom. The summed E-state index contributed by atoms with van der Waals surface area (Å²) in [6.45, 7) is 2.22. The number of benzene rings is 1. The van der Waals surface area contributed by atoms with Crippen LogP contribution in [0.2, 0.25) is 0 Å². The minimum absolute atomic E-state index is 0.00830. The largest absolute Gasteiger partial charge is 0.466 e. The Hall–Kier alpha value is -2.70. The van der Waals surface area contributed by atoms with E-state index in [0.717, 1.165) is 0 Å². The van der Waals surface area contributed by atoms with Crippen LogP contribution in [0.15, 0.2) is 30.3 Å². The maximum Gasteiger partial charge on any atom is 0.307 e. The molecule has 7 nitrogen and oxygen atoms in total. The second-order valence-corrected chi connectivity index (χ2v) is 4.03. The topological polar surface area (TPSA) is 98.5 Å². The number of nitrogens with one attached hydrogen (secondary N) is 1. The van der Waals surface area contributed by atoms with E-state index in [-0.39, 0.29) is 30.5 Å². The second-order valence-electron chi connectivity index (χ2n) is 4.03. The van der Waals surface area contributed by atoms with Crippen LogP contribution < -0.4 is 5.32 Å². The molecule has 0 atom stereocenters. The summed E-state index contributed by atoms with van der Waals surface area (Å²) >= 11 is 0. The minimum atomic E-state index is -0.490. The fourth-order valence-corrected chi connectivity index (χ4v) is 1.46. The number of carbonyl (C=O) groups excluding carboxylic acids is 2. The normalized spacial score (nSPS) is 10.3. The van der Waals surface area contributed by atoms with Crippen LogP contribution in [0.5, 0.6) is 0 Å². The molecule has 0 aromatic heterocycles. The number of ether oxygens (including phenoxy) is 1. The zero-order chi connectivity index (χ0) is 15.7. The van der Waals surface area contributed by atoms with Gasteiger partial charge in [-0.3, -0.25) is 19.7 Å². The molecule has 112 valence electrons. The Balaban J connectivity index is 2.40. The summed E-state index contributed by atoms with van der Waals surface area (Å²) < 4.78 is 4.72. The van der Waals surface area contributed by atoms with Crippen molar-refractivity contribution in [3.05, 3.63) is 46.0 Å². The quantitative estimate of drug-likeness (QED) is 0.357. The number of nitrogens with zero attached hydrogens (tertiary/aromatic N) is 1. The van der Waals surface area contributed by atoms with E-state index in [1.807, 2.05) is 0 Å². The van der Waals surface area contributed by atoms with Crippen molar-refractivity contribution in [1.82, 2.24) is 5.32 Å². The molecule has 0 aliphatic heterocycles. The van der Waals surface area contributed by atoms with Gasteiger partial charge in [0.15, 0.2) is 0 Å². The average molecular weight is 292 g/mol. The van der Waals surface area contributed by atoms with Gasteiger partial charge in [-0.1, -0.05) is 0 Å². The number of esters is 1. The third-order valence-corrected chi connectivity index (χ3v) is 2.46. The highest BCUT2D eigenvalue weighted by Crippen LogP contribution is 2.12. The SMILES string of the molecule is CCOC(=O)CCNC(=O)C=Cc1ccc([N+](=O)[O-])cc1. The molecule has 0 heterocycles. The third-order valence-electron chi connectivity index (χ3n) is 2.46. The number of hydrogen-bond donors (Lipinski definition) is 1. The van der Waals surface area contributed by atoms with Gasteiger partial charge in [0.1, 0.15) is 0 Å². The van der Waals surface area contributed by atoms with Gasteiger partial charge in [0.2, 0.25) is 5.91 Å². The van der Waals surface area contributed by atoms with Crippen molar-refractivity contribution in [2.45, 2.75) is 13.3 Å². The Labute approximate surface area is 121 Å². The van der Waals surface area contributed by atoms with Crippen molar-refractivity contribution in [1.29, 1.82) is 0 Å². The Morgan fingerprint density at radius 2 is 2.00 bits per heavy atom. The monoisotopic (exact) mass is 292 g/mol. The zero-order valence-electron chi connectivity index (χ0n) is 11.6. The summed E-state index contributed by atoms with van der Waals surface area (Å²) in [5, 5.41) is 13.0. The van der Waals surface area contributed by atoms with Crippen LogP contribution in [0.4, 0.5) is 5.69 Å². The van der Waals surface area contributed by atoms with Crippen LogP contribution in [0.1, 0.15) is 18.9 Å². The Kier molecular flexibility index (Phi) is 6.59. The molecule has 0 saturated carbocycles. The van der Waals surface area contributed by atoms with Crippen molar-refractivity contribution in [3.63, 3.8) is 0 Å². The fourth-order valence-electron chi connectivity index (χ4n) is 1.46. The molecule has 0 spiro atoms. The molecule has 0 aliphatic rings. The zero-order valence-corrected chi connectivity index (χ0v) is 11.6. The maximum absolute atomic E-state index is 11.5. The number of carbonyl (C=O) groups is 2. The van der Waals surface area contributed by atoms with E-state index in [9.17, 15) is 19.7 Å². The molecule has 0 unspecified atom stereocenters. The highest BCUT2D eigenvalue weighted by Gasteiger charge is 2.04. The number of hydrogen-bond acceptors (Lipinski definition) is 5. The van der Waals surface area contributed by atoms with Gasteiger partial charge in [-0.2, -0.15) is 0 Å². The number of amides is 1. The third kappa shape index (κ3) is 6.33. The van der Waals surface area contributed by atoms with Gasteiger partial charge in [-0.05, 0) is 30.7 Å². The van der Waals surface area contributed by atoms with E-state index >= 15 is 0 Å². The molecule has 21 heavy (non-hydrogen) atoms. The lowest BCUT2D eigenvalue weighted by Gasteiger charge is -2.02. The molecule has 0 bridgehead atoms. The lowest BCUT2D eigenvalue weighted by molar-refractivity contribution is -0.384. The van der Waals surface area contributed by atoms with Crippen molar-refractivity contribution >= 4 is 23.6 Å². The van der Waals surface area contributed by atoms with Crippen LogP contribution >= 0.6 is 0 Å². The molecule has 0 saturated heterocycles. The van der Waals surface area contributed by atoms with Crippen molar-refractivity contribution in [3.8, 4) is 0 Å². The van der Waals surface area contributed by atoms with E-state index < -0.39 is 4.92 Å².